The topological polar surface area (TPSA) is 64.3 Å². The van der Waals surface area contributed by atoms with Gasteiger partial charge in [-0.1, -0.05) is 60.7 Å². The van der Waals surface area contributed by atoms with Crippen molar-refractivity contribution in [2.75, 3.05) is 18.9 Å². The number of anilines is 1. The average Bonchev–Trinajstić information content (AvgIpc) is 3.09. The Labute approximate surface area is 179 Å². The summed E-state index contributed by atoms with van der Waals surface area (Å²) in [5, 5.41) is 2.68. The lowest BCUT2D eigenvalue weighted by atomic mass is 9.98. The van der Waals surface area contributed by atoms with Gasteiger partial charge in [-0.2, -0.15) is 0 Å². The van der Waals surface area contributed by atoms with Crippen LogP contribution >= 0.6 is 0 Å². The highest BCUT2D eigenvalue weighted by atomic mass is 19.1. The number of hydrogen-bond donors (Lipinski definition) is 2. The van der Waals surface area contributed by atoms with E-state index in [1.165, 1.54) is 17.2 Å². The van der Waals surface area contributed by atoms with Crippen molar-refractivity contribution in [2.24, 2.45) is 0 Å². The Morgan fingerprint density at radius 3 is 2.32 bits per heavy atom. The molecule has 0 aromatic heterocycles. The van der Waals surface area contributed by atoms with Crippen molar-refractivity contribution in [3.8, 4) is 11.1 Å². The van der Waals surface area contributed by atoms with Gasteiger partial charge >= 0.3 is 6.09 Å². The molecule has 1 aliphatic rings. The van der Waals surface area contributed by atoms with Crippen molar-refractivity contribution < 1.29 is 18.3 Å². The number of rotatable bonds is 6. The molecule has 4 nitrogen and oxygen atoms in total. The summed E-state index contributed by atoms with van der Waals surface area (Å²) < 4.78 is 32.6. The first-order valence-corrected chi connectivity index (χ1v) is 10.0. The molecule has 158 valence electrons. The van der Waals surface area contributed by atoms with E-state index in [1.54, 1.807) is 6.08 Å². The second kappa shape index (κ2) is 9.00. The smallest absolute Gasteiger partial charge is 0.407 e. The van der Waals surface area contributed by atoms with Crippen molar-refractivity contribution in [3.63, 3.8) is 0 Å². The molecule has 0 fully saturated rings. The van der Waals surface area contributed by atoms with Gasteiger partial charge in [-0.05, 0) is 34.7 Å². The minimum absolute atomic E-state index is 0.00133. The van der Waals surface area contributed by atoms with Crippen LogP contribution in [0.1, 0.15) is 29.0 Å². The van der Waals surface area contributed by atoms with Crippen molar-refractivity contribution >= 4 is 17.9 Å². The molecule has 0 aliphatic heterocycles. The summed E-state index contributed by atoms with van der Waals surface area (Å²) >= 11 is 0. The summed E-state index contributed by atoms with van der Waals surface area (Å²) in [7, 11) is 0. The Kier molecular flexibility index (Phi) is 5.98. The maximum absolute atomic E-state index is 13.7. The van der Waals surface area contributed by atoms with Crippen LogP contribution in [0.3, 0.4) is 0 Å². The lowest BCUT2D eigenvalue weighted by molar-refractivity contribution is 0.143. The van der Waals surface area contributed by atoms with Crippen LogP contribution in [0.4, 0.5) is 19.3 Å². The third kappa shape index (κ3) is 4.43. The monoisotopic (exact) mass is 420 g/mol. The van der Waals surface area contributed by atoms with Gasteiger partial charge in [-0.15, -0.1) is 0 Å². The van der Waals surface area contributed by atoms with E-state index >= 15 is 0 Å². The summed E-state index contributed by atoms with van der Waals surface area (Å²) in [6.45, 7) is 0.553. The van der Waals surface area contributed by atoms with E-state index in [2.05, 4.69) is 29.6 Å². The van der Waals surface area contributed by atoms with Gasteiger partial charge in [0.1, 0.15) is 18.2 Å². The maximum Gasteiger partial charge on any atom is 0.407 e. The Morgan fingerprint density at radius 1 is 1.00 bits per heavy atom. The van der Waals surface area contributed by atoms with Crippen LogP contribution in [0.5, 0.6) is 0 Å². The number of ether oxygens (including phenoxy) is 1. The van der Waals surface area contributed by atoms with Gasteiger partial charge < -0.3 is 15.8 Å². The van der Waals surface area contributed by atoms with Gasteiger partial charge in [0, 0.05) is 24.1 Å². The zero-order valence-corrected chi connectivity index (χ0v) is 16.8. The molecular formula is C25H22F2N2O2. The van der Waals surface area contributed by atoms with Crippen LogP contribution in [0.25, 0.3) is 17.2 Å². The second-order valence-corrected chi connectivity index (χ2v) is 7.34. The van der Waals surface area contributed by atoms with Gasteiger partial charge in [0.05, 0.1) is 5.69 Å². The molecule has 0 bridgehead atoms. The standard InChI is InChI=1S/C25H22F2N2O2/c26-22-14-24(28)23(27)13-16(22)7-5-6-12-29-25(30)31-15-21-19-10-3-1-8-17(19)18-9-2-4-11-20(18)21/h1-5,7-11,13-14,21H,6,12,15,28H2,(H,29,30). The van der Waals surface area contributed by atoms with Crippen LogP contribution in [-0.2, 0) is 4.74 Å². The molecule has 0 radical (unpaired) electrons. The molecule has 4 rings (SSSR count). The third-order valence-electron chi connectivity index (χ3n) is 5.34. The number of nitrogens with one attached hydrogen (secondary N) is 1. The highest BCUT2D eigenvalue weighted by Gasteiger charge is 2.28. The van der Waals surface area contributed by atoms with E-state index in [0.29, 0.717) is 13.0 Å². The molecular weight excluding hydrogens is 398 g/mol. The zero-order chi connectivity index (χ0) is 21.8. The molecule has 0 saturated carbocycles. The van der Waals surface area contributed by atoms with E-state index in [-0.39, 0.29) is 23.8 Å². The van der Waals surface area contributed by atoms with Gasteiger partial charge in [0.2, 0.25) is 0 Å². The van der Waals surface area contributed by atoms with Crippen molar-refractivity contribution in [2.45, 2.75) is 12.3 Å². The molecule has 0 atom stereocenters. The minimum atomic E-state index is -0.669. The van der Waals surface area contributed by atoms with Crippen molar-refractivity contribution in [1.82, 2.24) is 5.32 Å². The number of carbonyl (C=O) groups excluding carboxylic acids is 1. The van der Waals surface area contributed by atoms with Crippen LogP contribution in [-0.4, -0.2) is 19.2 Å². The Hall–Kier alpha value is -3.67. The molecule has 0 saturated heterocycles. The molecule has 3 aromatic rings. The highest BCUT2D eigenvalue weighted by Crippen LogP contribution is 2.44. The van der Waals surface area contributed by atoms with Gasteiger partial charge in [-0.25, -0.2) is 13.6 Å². The number of nitrogen functional groups attached to an aromatic ring is 1. The number of fused-ring (bicyclic) bond motifs is 3. The van der Waals surface area contributed by atoms with Crippen molar-refractivity contribution in [3.05, 3.63) is 95.1 Å². The first-order chi connectivity index (χ1) is 15.0. The highest BCUT2D eigenvalue weighted by molar-refractivity contribution is 5.79. The van der Waals surface area contributed by atoms with E-state index < -0.39 is 17.7 Å². The molecule has 0 unspecified atom stereocenters. The number of alkyl carbamates (subject to hydrolysis) is 1. The van der Waals surface area contributed by atoms with E-state index in [4.69, 9.17) is 10.5 Å². The summed E-state index contributed by atoms with van der Waals surface area (Å²) in [6.07, 6.45) is 3.03. The normalized spacial score (nSPS) is 12.6. The fraction of sp³-hybridized carbons (Fsp3) is 0.160. The zero-order valence-electron chi connectivity index (χ0n) is 16.8. The van der Waals surface area contributed by atoms with Gasteiger partial charge in [0.25, 0.3) is 0 Å². The average molecular weight is 420 g/mol. The lowest BCUT2D eigenvalue weighted by Gasteiger charge is -2.14. The van der Waals surface area contributed by atoms with Crippen LogP contribution in [0, 0.1) is 11.6 Å². The molecule has 0 spiro atoms. The Morgan fingerprint density at radius 2 is 1.65 bits per heavy atom. The fourth-order valence-corrected chi connectivity index (χ4v) is 3.82. The maximum atomic E-state index is 13.7. The molecule has 3 N–H and O–H groups in total. The summed E-state index contributed by atoms with van der Waals surface area (Å²) in [6, 6.07) is 18.3. The van der Waals surface area contributed by atoms with Gasteiger partial charge in [0.15, 0.2) is 0 Å². The number of halogens is 2. The van der Waals surface area contributed by atoms with Crippen LogP contribution in [0.15, 0.2) is 66.7 Å². The first-order valence-electron chi connectivity index (χ1n) is 10.0. The summed E-state index contributed by atoms with van der Waals surface area (Å²) in [5.41, 5.74) is 9.84. The fourth-order valence-electron chi connectivity index (χ4n) is 3.82. The lowest BCUT2D eigenvalue weighted by Crippen LogP contribution is -2.26. The summed E-state index contributed by atoms with van der Waals surface area (Å²) in [4.78, 5) is 12.1. The molecule has 6 heteroatoms. The summed E-state index contributed by atoms with van der Waals surface area (Å²) in [5.74, 6) is -1.26. The largest absolute Gasteiger partial charge is 0.449 e. The minimum Gasteiger partial charge on any atom is -0.449 e. The van der Waals surface area contributed by atoms with Crippen molar-refractivity contribution in [1.29, 1.82) is 0 Å². The van der Waals surface area contributed by atoms with E-state index in [0.717, 1.165) is 23.3 Å². The van der Waals surface area contributed by atoms with Crippen LogP contribution < -0.4 is 11.1 Å². The first kappa shape index (κ1) is 20.6. The number of benzene rings is 3. The van der Waals surface area contributed by atoms with Gasteiger partial charge in [-0.3, -0.25) is 0 Å². The Balaban J connectivity index is 1.28. The number of carbonyl (C=O) groups is 1. The van der Waals surface area contributed by atoms with E-state index in [9.17, 15) is 13.6 Å². The SMILES string of the molecule is Nc1cc(F)c(C=CCCNC(=O)OCC2c3ccccc3-c3ccccc32)cc1F. The number of hydrogen-bond acceptors (Lipinski definition) is 3. The van der Waals surface area contributed by atoms with Crippen LogP contribution in [0.2, 0.25) is 0 Å². The Bertz CT molecular complexity index is 1100. The van der Waals surface area contributed by atoms with E-state index in [1.807, 2.05) is 24.3 Å². The number of nitrogens with two attached hydrogens (primary N) is 1. The predicted molar refractivity (Wildman–Crippen MR) is 117 cm³/mol. The number of amides is 1. The predicted octanol–water partition coefficient (Wildman–Crippen LogP) is 5.49. The molecule has 1 amide bonds. The molecule has 0 heterocycles. The third-order valence-corrected chi connectivity index (χ3v) is 5.34. The quantitative estimate of drug-likeness (QED) is 0.409. The molecule has 3 aromatic carbocycles. The molecule has 1 aliphatic carbocycles. The second-order valence-electron chi connectivity index (χ2n) is 7.34. The molecule has 31 heavy (non-hydrogen) atoms.